The molecule has 0 aliphatic carbocycles. The highest BCUT2D eigenvalue weighted by atomic mass is 35.5. The van der Waals surface area contributed by atoms with Crippen molar-refractivity contribution in [2.24, 2.45) is 0 Å². The van der Waals surface area contributed by atoms with Crippen LogP contribution < -0.4 is 5.32 Å². The Morgan fingerprint density at radius 3 is 3.11 bits per heavy atom. The molecule has 1 fully saturated rings. The van der Waals surface area contributed by atoms with Gasteiger partial charge in [0.05, 0.1) is 18.2 Å². The van der Waals surface area contributed by atoms with Crippen LogP contribution in [-0.2, 0) is 11.3 Å². The molecular weight excluding hydrogens is 255 g/mol. The summed E-state index contributed by atoms with van der Waals surface area (Å²) in [6.07, 6.45) is 0. The molecule has 2 rings (SSSR count). The molecule has 1 unspecified atom stereocenters. The molecule has 5 heteroatoms. The van der Waals surface area contributed by atoms with Gasteiger partial charge in [0.1, 0.15) is 5.82 Å². The zero-order valence-corrected chi connectivity index (χ0v) is 11.2. The maximum absolute atomic E-state index is 13.1. The highest BCUT2D eigenvalue weighted by molar-refractivity contribution is 6.30. The van der Waals surface area contributed by atoms with Crippen molar-refractivity contribution >= 4 is 11.6 Å². The molecule has 0 spiro atoms. The van der Waals surface area contributed by atoms with Crippen LogP contribution in [0.2, 0.25) is 5.02 Å². The third-order valence-electron chi connectivity index (χ3n) is 3.16. The number of hydrogen-bond donors (Lipinski definition) is 1. The first-order valence-corrected chi connectivity index (χ1v) is 6.49. The molecule has 1 aliphatic heterocycles. The molecule has 1 atom stereocenters. The second-order valence-electron chi connectivity index (χ2n) is 4.51. The molecule has 3 nitrogen and oxygen atoms in total. The standard InChI is InChI=1S/C13H18ClFN2O/c1-16-7-11-9-18-5-4-17(11)8-10-2-3-13(15)12(14)6-10/h2-3,6,11,16H,4-5,7-9H2,1H3. The molecule has 1 aliphatic rings. The summed E-state index contributed by atoms with van der Waals surface area (Å²) < 4.78 is 18.6. The molecule has 100 valence electrons. The maximum atomic E-state index is 13.1. The van der Waals surface area contributed by atoms with Crippen molar-refractivity contribution in [3.8, 4) is 0 Å². The number of benzene rings is 1. The summed E-state index contributed by atoms with van der Waals surface area (Å²) >= 11 is 5.80. The summed E-state index contributed by atoms with van der Waals surface area (Å²) in [6.45, 7) is 4.02. The average Bonchev–Trinajstić information content (AvgIpc) is 2.37. The van der Waals surface area contributed by atoms with E-state index < -0.39 is 0 Å². The molecule has 1 heterocycles. The fourth-order valence-electron chi connectivity index (χ4n) is 2.19. The topological polar surface area (TPSA) is 24.5 Å². The van der Waals surface area contributed by atoms with Crippen molar-refractivity contribution in [2.45, 2.75) is 12.6 Å². The van der Waals surface area contributed by atoms with Crippen molar-refractivity contribution in [1.82, 2.24) is 10.2 Å². The van der Waals surface area contributed by atoms with E-state index in [0.717, 1.165) is 38.4 Å². The molecule has 0 radical (unpaired) electrons. The van der Waals surface area contributed by atoms with Gasteiger partial charge in [-0.05, 0) is 24.7 Å². The van der Waals surface area contributed by atoms with Crippen LogP contribution in [0.3, 0.4) is 0 Å². The number of nitrogens with zero attached hydrogens (tertiary/aromatic N) is 1. The molecule has 0 aromatic heterocycles. The number of hydrogen-bond acceptors (Lipinski definition) is 3. The lowest BCUT2D eigenvalue weighted by atomic mass is 10.1. The Morgan fingerprint density at radius 1 is 1.56 bits per heavy atom. The number of halogens is 2. The Morgan fingerprint density at radius 2 is 2.39 bits per heavy atom. The van der Waals surface area contributed by atoms with Crippen LogP contribution in [0.1, 0.15) is 5.56 Å². The van der Waals surface area contributed by atoms with Gasteiger partial charge in [-0.15, -0.1) is 0 Å². The monoisotopic (exact) mass is 272 g/mol. The third kappa shape index (κ3) is 3.42. The van der Waals surface area contributed by atoms with Gasteiger partial charge in [-0.3, -0.25) is 4.90 Å². The number of morpholine rings is 1. The molecule has 1 saturated heterocycles. The van der Waals surface area contributed by atoms with Gasteiger partial charge in [0.15, 0.2) is 0 Å². The van der Waals surface area contributed by atoms with Crippen LogP contribution >= 0.6 is 11.6 Å². The maximum Gasteiger partial charge on any atom is 0.141 e. The van der Waals surface area contributed by atoms with Gasteiger partial charge in [0, 0.05) is 25.7 Å². The van der Waals surface area contributed by atoms with E-state index in [1.807, 2.05) is 7.05 Å². The largest absolute Gasteiger partial charge is 0.378 e. The molecule has 1 aromatic carbocycles. The minimum absolute atomic E-state index is 0.186. The number of likely N-dealkylation sites (N-methyl/N-ethyl adjacent to an activating group) is 1. The number of nitrogens with one attached hydrogen (secondary N) is 1. The highest BCUT2D eigenvalue weighted by Crippen LogP contribution is 2.18. The van der Waals surface area contributed by atoms with Gasteiger partial charge in [-0.25, -0.2) is 4.39 Å². The first kappa shape index (κ1) is 13.7. The second-order valence-corrected chi connectivity index (χ2v) is 4.91. The Kier molecular flexibility index (Phi) is 4.95. The van der Waals surface area contributed by atoms with Gasteiger partial charge in [0.25, 0.3) is 0 Å². The first-order chi connectivity index (χ1) is 8.70. The van der Waals surface area contributed by atoms with Crippen LogP contribution in [0.25, 0.3) is 0 Å². The van der Waals surface area contributed by atoms with E-state index in [1.165, 1.54) is 6.07 Å². The van der Waals surface area contributed by atoms with E-state index in [4.69, 9.17) is 16.3 Å². The normalized spacial score (nSPS) is 21.2. The van der Waals surface area contributed by atoms with Crippen molar-refractivity contribution in [2.75, 3.05) is 33.4 Å². The molecule has 1 N–H and O–H groups in total. The smallest absolute Gasteiger partial charge is 0.141 e. The zero-order chi connectivity index (χ0) is 13.0. The van der Waals surface area contributed by atoms with Gasteiger partial charge in [-0.2, -0.15) is 0 Å². The van der Waals surface area contributed by atoms with Crippen molar-refractivity contribution < 1.29 is 9.13 Å². The molecule has 18 heavy (non-hydrogen) atoms. The number of rotatable bonds is 4. The van der Waals surface area contributed by atoms with Crippen LogP contribution in [0.4, 0.5) is 4.39 Å². The Bertz CT molecular complexity index is 401. The van der Waals surface area contributed by atoms with Crippen LogP contribution in [-0.4, -0.2) is 44.3 Å². The van der Waals surface area contributed by atoms with Crippen molar-refractivity contribution in [3.05, 3.63) is 34.6 Å². The third-order valence-corrected chi connectivity index (χ3v) is 3.45. The van der Waals surface area contributed by atoms with Crippen LogP contribution in [0.15, 0.2) is 18.2 Å². The number of ether oxygens (including phenoxy) is 1. The summed E-state index contributed by atoms with van der Waals surface area (Å²) in [4.78, 5) is 2.34. The lowest BCUT2D eigenvalue weighted by molar-refractivity contribution is -0.0103. The van der Waals surface area contributed by atoms with E-state index in [2.05, 4.69) is 10.2 Å². The minimum atomic E-state index is -0.367. The fourth-order valence-corrected chi connectivity index (χ4v) is 2.40. The second kappa shape index (κ2) is 6.48. The van der Waals surface area contributed by atoms with Crippen molar-refractivity contribution in [1.29, 1.82) is 0 Å². The Hall–Kier alpha value is -0.680. The van der Waals surface area contributed by atoms with E-state index in [0.29, 0.717) is 6.04 Å². The summed E-state index contributed by atoms with van der Waals surface area (Å²) in [5.41, 5.74) is 1.03. The zero-order valence-electron chi connectivity index (χ0n) is 10.5. The Labute approximate surface area is 112 Å². The summed E-state index contributed by atoms with van der Waals surface area (Å²) in [7, 11) is 1.93. The molecular formula is C13H18ClFN2O. The van der Waals surface area contributed by atoms with Crippen LogP contribution in [0, 0.1) is 5.82 Å². The predicted octanol–water partition coefficient (Wildman–Crippen LogP) is 1.90. The van der Waals surface area contributed by atoms with Gasteiger partial charge >= 0.3 is 0 Å². The highest BCUT2D eigenvalue weighted by Gasteiger charge is 2.22. The summed E-state index contributed by atoms with van der Waals surface area (Å²) in [5, 5.41) is 3.35. The van der Waals surface area contributed by atoms with Gasteiger partial charge in [-0.1, -0.05) is 17.7 Å². The summed E-state index contributed by atoms with van der Waals surface area (Å²) in [6, 6.07) is 5.26. The van der Waals surface area contributed by atoms with Crippen molar-refractivity contribution in [3.63, 3.8) is 0 Å². The average molecular weight is 273 g/mol. The molecule has 0 amide bonds. The van der Waals surface area contributed by atoms with Gasteiger partial charge in [0.2, 0.25) is 0 Å². The predicted molar refractivity (Wildman–Crippen MR) is 70.4 cm³/mol. The SMILES string of the molecule is CNCC1COCCN1Cc1ccc(F)c(Cl)c1. The van der Waals surface area contributed by atoms with E-state index in [9.17, 15) is 4.39 Å². The van der Waals surface area contributed by atoms with E-state index in [-0.39, 0.29) is 10.8 Å². The quantitative estimate of drug-likeness (QED) is 0.906. The lowest BCUT2D eigenvalue weighted by Crippen LogP contribution is -2.49. The van der Waals surface area contributed by atoms with Gasteiger partial charge < -0.3 is 10.1 Å². The first-order valence-electron chi connectivity index (χ1n) is 6.11. The van der Waals surface area contributed by atoms with E-state index >= 15 is 0 Å². The Balaban J connectivity index is 2.03. The lowest BCUT2D eigenvalue weighted by Gasteiger charge is -2.35. The summed E-state index contributed by atoms with van der Waals surface area (Å²) in [5.74, 6) is -0.367. The fraction of sp³-hybridized carbons (Fsp3) is 0.538. The van der Waals surface area contributed by atoms with E-state index in [1.54, 1.807) is 12.1 Å². The molecule has 1 aromatic rings. The molecule has 0 bridgehead atoms. The van der Waals surface area contributed by atoms with Crippen LogP contribution in [0.5, 0.6) is 0 Å². The minimum Gasteiger partial charge on any atom is -0.378 e. The molecule has 0 saturated carbocycles.